The molecule has 4 heterocycles. The van der Waals surface area contributed by atoms with Gasteiger partial charge in [0.15, 0.2) is 11.5 Å². The first-order valence-electron chi connectivity index (χ1n) is 13.1. The Balaban J connectivity index is 1.30. The van der Waals surface area contributed by atoms with Gasteiger partial charge >= 0.3 is 0 Å². The number of hydrogen-bond acceptors (Lipinski definition) is 6. The van der Waals surface area contributed by atoms with Gasteiger partial charge in [0.1, 0.15) is 5.52 Å². The fourth-order valence-corrected chi connectivity index (χ4v) is 5.91. The van der Waals surface area contributed by atoms with Crippen molar-refractivity contribution in [2.75, 3.05) is 29.9 Å². The van der Waals surface area contributed by atoms with E-state index < -0.39 is 0 Å². The van der Waals surface area contributed by atoms with Crippen molar-refractivity contribution in [3.63, 3.8) is 0 Å². The maximum atomic E-state index is 6.44. The molecule has 1 unspecified atom stereocenters. The summed E-state index contributed by atoms with van der Waals surface area (Å²) in [5, 5.41) is 3.64. The largest absolute Gasteiger partial charge is 0.370 e. The molecule has 2 aliphatic heterocycles. The minimum absolute atomic E-state index is 0.0478. The summed E-state index contributed by atoms with van der Waals surface area (Å²) in [5.41, 5.74) is 6.64. The van der Waals surface area contributed by atoms with Gasteiger partial charge in [0.25, 0.3) is 0 Å². The standard InChI is InChI=1S/C29H36N6O/c1-19-10-11-21(28(2,3)4)16-23(19)31-26-24-25(30-18-34(24)5)32-27(33-26)35-14-12-29(13-15-35)22-9-7-6-8-20(22)17-36-29/h6-8,10-11,16,18,22H,9,12-15,17H2,1-5H3,(H,31,32,33). The van der Waals surface area contributed by atoms with Crippen LogP contribution >= 0.6 is 0 Å². The minimum Gasteiger partial charge on any atom is -0.370 e. The second-order valence-electron chi connectivity index (χ2n) is 11.6. The van der Waals surface area contributed by atoms with Crippen LogP contribution in [0.3, 0.4) is 0 Å². The maximum Gasteiger partial charge on any atom is 0.229 e. The lowest BCUT2D eigenvalue weighted by Crippen LogP contribution is -2.48. The summed E-state index contributed by atoms with van der Waals surface area (Å²) < 4.78 is 8.43. The van der Waals surface area contributed by atoms with Crippen LogP contribution in [0.25, 0.3) is 11.2 Å². The molecule has 7 nitrogen and oxygen atoms in total. The average molecular weight is 485 g/mol. The number of piperidine rings is 1. The fourth-order valence-electron chi connectivity index (χ4n) is 5.91. The molecule has 3 aliphatic rings. The third-order valence-electron chi connectivity index (χ3n) is 8.24. The Hall–Kier alpha value is -3.19. The van der Waals surface area contributed by atoms with Crippen LogP contribution in [0.15, 0.2) is 48.3 Å². The van der Waals surface area contributed by atoms with Crippen LogP contribution in [0.4, 0.5) is 17.5 Å². The third-order valence-corrected chi connectivity index (χ3v) is 8.24. The van der Waals surface area contributed by atoms with Gasteiger partial charge in [-0.2, -0.15) is 9.97 Å². The molecular formula is C29H36N6O. The molecule has 6 rings (SSSR count). The van der Waals surface area contributed by atoms with Crippen LogP contribution in [0.5, 0.6) is 0 Å². The SMILES string of the molecule is Cc1ccc(C(C)(C)C)cc1Nc1nc(N2CCC3(CC2)OCC2=CC=CCC23)nc2ncn(C)c12. The Bertz CT molecular complexity index is 1370. The number of ether oxygens (including phenoxy) is 1. The Morgan fingerprint density at radius 2 is 1.94 bits per heavy atom. The van der Waals surface area contributed by atoms with Gasteiger partial charge < -0.3 is 19.5 Å². The summed E-state index contributed by atoms with van der Waals surface area (Å²) >= 11 is 0. The summed E-state index contributed by atoms with van der Waals surface area (Å²) in [7, 11) is 1.99. The van der Waals surface area contributed by atoms with E-state index in [0.717, 1.165) is 67.6 Å². The highest BCUT2D eigenvalue weighted by molar-refractivity contribution is 5.87. The van der Waals surface area contributed by atoms with Crippen molar-refractivity contribution in [1.82, 2.24) is 19.5 Å². The zero-order valence-electron chi connectivity index (χ0n) is 22.0. The predicted octanol–water partition coefficient (Wildman–Crippen LogP) is 5.58. The molecule has 0 radical (unpaired) electrons. The highest BCUT2D eigenvalue weighted by atomic mass is 16.5. The van der Waals surface area contributed by atoms with Gasteiger partial charge in [-0.15, -0.1) is 0 Å². The minimum atomic E-state index is -0.0478. The zero-order valence-corrected chi connectivity index (χ0v) is 22.0. The number of fused-ring (bicyclic) bond motifs is 3. The Kier molecular flexibility index (Phi) is 5.45. The summed E-state index contributed by atoms with van der Waals surface area (Å²) in [6.07, 6.45) is 11.6. The van der Waals surface area contributed by atoms with Crippen LogP contribution in [0.1, 0.15) is 51.2 Å². The zero-order chi connectivity index (χ0) is 25.1. The van der Waals surface area contributed by atoms with E-state index in [1.807, 2.05) is 17.9 Å². The van der Waals surface area contributed by atoms with E-state index in [1.54, 1.807) is 0 Å². The molecule has 1 N–H and O–H groups in total. The number of benzene rings is 1. The monoisotopic (exact) mass is 484 g/mol. The normalized spacial score (nSPS) is 21.2. The second-order valence-corrected chi connectivity index (χ2v) is 11.6. The molecule has 1 atom stereocenters. The van der Waals surface area contributed by atoms with Crippen LogP contribution < -0.4 is 10.2 Å². The summed E-state index contributed by atoms with van der Waals surface area (Å²) in [5.74, 6) is 2.05. The van der Waals surface area contributed by atoms with Crippen molar-refractivity contribution in [3.05, 3.63) is 59.5 Å². The molecule has 0 saturated carbocycles. The van der Waals surface area contributed by atoms with Crippen molar-refractivity contribution in [1.29, 1.82) is 0 Å². The third kappa shape index (κ3) is 3.90. The fraction of sp³-hybridized carbons (Fsp3) is 0.483. The molecule has 3 aromatic rings. The number of nitrogens with one attached hydrogen (secondary N) is 1. The van der Waals surface area contributed by atoms with Crippen LogP contribution in [0.2, 0.25) is 0 Å². The second kappa shape index (κ2) is 8.44. The first kappa shape index (κ1) is 23.2. The van der Waals surface area contributed by atoms with Crippen molar-refractivity contribution in [2.45, 2.75) is 58.0 Å². The van der Waals surface area contributed by atoms with Gasteiger partial charge in [0.2, 0.25) is 5.95 Å². The van der Waals surface area contributed by atoms with Gasteiger partial charge in [0.05, 0.1) is 18.5 Å². The Labute approximate surface area is 213 Å². The smallest absolute Gasteiger partial charge is 0.229 e. The number of anilines is 3. The number of nitrogens with zero attached hydrogens (tertiary/aromatic N) is 5. The lowest BCUT2D eigenvalue weighted by Gasteiger charge is -2.42. The molecule has 188 valence electrons. The number of allylic oxidation sites excluding steroid dienone is 3. The molecule has 1 aromatic carbocycles. The van der Waals surface area contributed by atoms with Crippen molar-refractivity contribution < 1.29 is 4.74 Å². The molecule has 2 aromatic heterocycles. The topological polar surface area (TPSA) is 68.1 Å². The van der Waals surface area contributed by atoms with E-state index in [1.165, 1.54) is 16.7 Å². The molecule has 2 fully saturated rings. The summed E-state index contributed by atoms with van der Waals surface area (Å²) in [6, 6.07) is 6.63. The predicted molar refractivity (Wildman–Crippen MR) is 145 cm³/mol. The summed E-state index contributed by atoms with van der Waals surface area (Å²) in [6.45, 7) is 11.4. The average Bonchev–Trinajstić information content (AvgIpc) is 3.41. The van der Waals surface area contributed by atoms with E-state index in [-0.39, 0.29) is 11.0 Å². The van der Waals surface area contributed by atoms with Crippen molar-refractivity contribution in [2.24, 2.45) is 13.0 Å². The molecule has 1 aliphatic carbocycles. The van der Waals surface area contributed by atoms with E-state index >= 15 is 0 Å². The molecule has 0 bridgehead atoms. The Morgan fingerprint density at radius 3 is 2.72 bits per heavy atom. The lowest BCUT2D eigenvalue weighted by atomic mass is 9.75. The van der Waals surface area contributed by atoms with Gasteiger partial charge in [-0.05, 0) is 54.4 Å². The highest BCUT2D eigenvalue weighted by Gasteiger charge is 2.48. The first-order valence-corrected chi connectivity index (χ1v) is 13.1. The number of aromatic nitrogens is 4. The molecule has 1 spiro atoms. The van der Waals surface area contributed by atoms with E-state index in [2.05, 4.69) is 79.3 Å². The van der Waals surface area contributed by atoms with Crippen LogP contribution in [0, 0.1) is 12.8 Å². The van der Waals surface area contributed by atoms with Crippen LogP contribution in [-0.4, -0.2) is 44.8 Å². The molecule has 0 amide bonds. The number of imidazole rings is 1. The van der Waals surface area contributed by atoms with E-state index in [9.17, 15) is 0 Å². The number of rotatable bonds is 3. The van der Waals surface area contributed by atoms with Crippen molar-refractivity contribution >= 4 is 28.6 Å². The van der Waals surface area contributed by atoms with Gasteiger partial charge in [-0.25, -0.2) is 4.98 Å². The van der Waals surface area contributed by atoms with E-state index in [4.69, 9.17) is 14.7 Å². The van der Waals surface area contributed by atoms with Gasteiger partial charge in [-0.3, -0.25) is 0 Å². The van der Waals surface area contributed by atoms with Crippen molar-refractivity contribution in [3.8, 4) is 0 Å². The van der Waals surface area contributed by atoms with Crippen LogP contribution in [-0.2, 0) is 17.2 Å². The molecule has 2 saturated heterocycles. The highest BCUT2D eigenvalue weighted by Crippen LogP contribution is 2.46. The van der Waals surface area contributed by atoms with Gasteiger partial charge in [0, 0.05) is 31.7 Å². The molecular weight excluding hydrogens is 448 g/mol. The quantitative estimate of drug-likeness (QED) is 0.523. The molecule has 36 heavy (non-hydrogen) atoms. The van der Waals surface area contributed by atoms with E-state index in [0.29, 0.717) is 5.92 Å². The lowest BCUT2D eigenvalue weighted by molar-refractivity contribution is -0.0397. The number of aryl methyl sites for hydroxylation is 2. The first-order chi connectivity index (χ1) is 17.2. The summed E-state index contributed by atoms with van der Waals surface area (Å²) in [4.78, 5) is 16.8. The molecule has 7 heteroatoms. The number of hydrogen-bond donors (Lipinski definition) is 1. The maximum absolute atomic E-state index is 6.44. The Morgan fingerprint density at radius 1 is 1.14 bits per heavy atom. The van der Waals surface area contributed by atoms with Gasteiger partial charge in [-0.1, -0.05) is 51.1 Å².